The van der Waals surface area contributed by atoms with E-state index in [9.17, 15) is 0 Å². The van der Waals surface area contributed by atoms with E-state index in [-0.39, 0.29) is 13.0 Å². The number of rotatable bonds is 0. The van der Waals surface area contributed by atoms with E-state index < -0.39 is 0 Å². The molecule has 0 spiro atoms. The van der Waals surface area contributed by atoms with Gasteiger partial charge in [-0.05, 0) is 39.5 Å². The minimum absolute atomic E-state index is 0.224. The molecule has 0 saturated heterocycles. The Morgan fingerprint density at radius 3 is 1.54 bits per heavy atom. The van der Waals surface area contributed by atoms with Crippen molar-refractivity contribution in [2.45, 2.75) is 53.5 Å². The van der Waals surface area contributed by atoms with Crippen molar-refractivity contribution in [1.82, 2.24) is 0 Å². The molecule has 3 heteroatoms. The molecule has 1 fully saturated rings. The molecule has 78 valence electrons. The largest absolute Gasteiger partial charge is 0.0855 e. The fourth-order valence-electron chi connectivity index (χ4n) is 2.44. The molecule has 0 aromatic carbocycles. The normalized spacial score (nSPS) is 57.9. The van der Waals surface area contributed by atoms with Crippen LogP contribution in [0.4, 0.5) is 0 Å². The van der Waals surface area contributed by atoms with Gasteiger partial charge in [-0.25, -0.2) is 0 Å². The zero-order valence-electron chi connectivity index (χ0n) is 8.63. The average molecular weight is 377 g/mol. The lowest BCUT2D eigenvalue weighted by Crippen LogP contribution is -2.51. The fourth-order valence-corrected chi connectivity index (χ4v) is 6.91. The highest BCUT2D eigenvalue weighted by Crippen LogP contribution is 2.55. The number of hydrogen-bond donors (Lipinski definition) is 0. The minimum atomic E-state index is 0.224. The van der Waals surface area contributed by atoms with Crippen LogP contribution in [0.25, 0.3) is 0 Å². The van der Waals surface area contributed by atoms with Crippen LogP contribution in [0.2, 0.25) is 0 Å². The van der Waals surface area contributed by atoms with Crippen molar-refractivity contribution in [3.05, 3.63) is 0 Å². The first kappa shape index (κ1) is 12.5. The van der Waals surface area contributed by atoms with Gasteiger partial charge in [-0.3, -0.25) is 0 Å². The van der Waals surface area contributed by atoms with Gasteiger partial charge in [-0.2, -0.15) is 0 Å². The summed E-state index contributed by atoms with van der Waals surface area (Å²) in [6.45, 7) is 9.16. The van der Waals surface area contributed by atoms with Crippen LogP contribution in [-0.2, 0) is 0 Å². The Bertz CT molecular complexity index is 186. The molecule has 1 rings (SSSR count). The van der Waals surface area contributed by atoms with Crippen LogP contribution < -0.4 is 0 Å². The molecule has 0 bridgehead atoms. The van der Waals surface area contributed by atoms with E-state index in [0.29, 0.717) is 5.92 Å². The van der Waals surface area contributed by atoms with Crippen molar-refractivity contribution < 1.29 is 0 Å². The summed E-state index contributed by atoms with van der Waals surface area (Å²) in [5, 5.41) is 0. The minimum Gasteiger partial charge on any atom is -0.0855 e. The quantitative estimate of drug-likeness (QED) is 0.529. The highest BCUT2D eigenvalue weighted by atomic mass is 79.9. The van der Waals surface area contributed by atoms with Crippen molar-refractivity contribution in [3.8, 4) is 0 Å². The SMILES string of the molecule is CC1C(C)(Br)CC(C)(Br)CC1(C)Br. The van der Waals surface area contributed by atoms with E-state index in [2.05, 4.69) is 75.5 Å². The fraction of sp³-hybridized carbons (Fsp3) is 1.00. The van der Waals surface area contributed by atoms with Gasteiger partial charge < -0.3 is 0 Å². The highest BCUT2D eigenvalue weighted by molar-refractivity contribution is 9.11. The number of alkyl halides is 3. The third-order valence-electron chi connectivity index (χ3n) is 3.23. The van der Waals surface area contributed by atoms with Gasteiger partial charge in [-0.15, -0.1) is 0 Å². The van der Waals surface area contributed by atoms with Crippen molar-refractivity contribution in [3.63, 3.8) is 0 Å². The van der Waals surface area contributed by atoms with Crippen LogP contribution in [0, 0.1) is 5.92 Å². The molecule has 1 saturated carbocycles. The molecule has 13 heavy (non-hydrogen) atoms. The predicted molar refractivity (Wildman–Crippen MR) is 70.4 cm³/mol. The summed E-state index contributed by atoms with van der Waals surface area (Å²) in [6.07, 6.45) is 2.34. The van der Waals surface area contributed by atoms with E-state index in [1.165, 1.54) is 12.8 Å². The van der Waals surface area contributed by atoms with Crippen LogP contribution >= 0.6 is 47.8 Å². The Kier molecular flexibility index (Phi) is 3.35. The molecule has 2 atom stereocenters. The van der Waals surface area contributed by atoms with Crippen LogP contribution in [0.3, 0.4) is 0 Å². The summed E-state index contributed by atoms with van der Waals surface area (Å²) in [6, 6.07) is 0. The van der Waals surface area contributed by atoms with Crippen LogP contribution in [-0.4, -0.2) is 13.0 Å². The van der Waals surface area contributed by atoms with Crippen LogP contribution in [0.15, 0.2) is 0 Å². The number of halogens is 3. The lowest BCUT2D eigenvalue weighted by molar-refractivity contribution is 0.234. The van der Waals surface area contributed by atoms with E-state index in [1.807, 2.05) is 0 Å². The van der Waals surface area contributed by atoms with Gasteiger partial charge in [0.25, 0.3) is 0 Å². The molecule has 0 aliphatic heterocycles. The zero-order valence-corrected chi connectivity index (χ0v) is 13.4. The van der Waals surface area contributed by atoms with Gasteiger partial charge >= 0.3 is 0 Å². The molecule has 0 aromatic heterocycles. The van der Waals surface area contributed by atoms with Crippen molar-refractivity contribution >= 4 is 47.8 Å². The smallest absolute Gasteiger partial charge is 0.0281 e. The molecule has 0 radical (unpaired) electrons. The predicted octanol–water partition coefficient (Wildman–Crippen LogP) is 4.88. The maximum atomic E-state index is 3.85. The van der Waals surface area contributed by atoms with Crippen molar-refractivity contribution in [2.24, 2.45) is 5.92 Å². The van der Waals surface area contributed by atoms with E-state index in [1.54, 1.807) is 0 Å². The first-order valence-corrected chi connectivity index (χ1v) is 7.01. The molecule has 1 aliphatic carbocycles. The van der Waals surface area contributed by atoms with Gasteiger partial charge in [-0.1, -0.05) is 54.7 Å². The lowest BCUT2D eigenvalue weighted by Gasteiger charge is -2.51. The van der Waals surface area contributed by atoms with Gasteiger partial charge in [0.05, 0.1) is 0 Å². The molecular weight excluding hydrogens is 360 g/mol. The van der Waals surface area contributed by atoms with Crippen molar-refractivity contribution in [1.29, 1.82) is 0 Å². The van der Waals surface area contributed by atoms with Gasteiger partial charge in [0.1, 0.15) is 0 Å². The molecule has 0 heterocycles. The van der Waals surface area contributed by atoms with Gasteiger partial charge in [0.2, 0.25) is 0 Å². The van der Waals surface area contributed by atoms with Crippen LogP contribution in [0.5, 0.6) is 0 Å². The van der Waals surface area contributed by atoms with E-state index in [0.717, 1.165) is 0 Å². The number of hydrogen-bond acceptors (Lipinski definition) is 0. The van der Waals surface area contributed by atoms with Crippen LogP contribution in [0.1, 0.15) is 40.5 Å². The highest BCUT2D eigenvalue weighted by Gasteiger charge is 2.51. The van der Waals surface area contributed by atoms with E-state index in [4.69, 9.17) is 0 Å². The second kappa shape index (κ2) is 3.48. The summed E-state index contributed by atoms with van der Waals surface area (Å²) in [7, 11) is 0. The topological polar surface area (TPSA) is 0 Å². The monoisotopic (exact) mass is 374 g/mol. The van der Waals surface area contributed by atoms with E-state index >= 15 is 0 Å². The first-order valence-electron chi connectivity index (χ1n) is 4.64. The summed E-state index contributed by atoms with van der Waals surface area (Å²) in [5.74, 6) is 0.630. The van der Waals surface area contributed by atoms with Crippen molar-refractivity contribution in [2.75, 3.05) is 0 Å². The molecule has 2 unspecified atom stereocenters. The first-order chi connectivity index (χ1) is 5.57. The lowest BCUT2D eigenvalue weighted by atomic mass is 9.70. The maximum absolute atomic E-state index is 3.85. The molecule has 0 aromatic rings. The molecule has 0 N–H and O–H groups in total. The summed E-state index contributed by atoms with van der Waals surface area (Å²) in [5.41, 5.74) is 0. The Labute approximate surface area is 107 Å². The maximum Gasteiger partial charge on any atom is 0.0281 e. The standard InChI is InChI=1S/C10H17Br3/c1-7-9(3,12)5-8(2,11)6-10(7,4)13/h7H,5-6H2,1-4H3. The Morgan fingerprint density at radius 1 is 0.923 bits per heavy atom. The molecule has 0 amide bonds. The zero-order chi connectivity index (χ0) is 10.5. The average Bonchev–Trinajstić information content (AvgIpc) is 1.77. The third kappa shape index (κ3) is 2.72. The summed E-state index contributed by atoms with van der Waals surface area (Å²) < 4.78 is 0.694. The Morgan fingerprint density at radius 2 is 1.23 bits per heavy atom. The summed E-state index contributed by atoms with van der Waals surface area (Å²) in [4.78, 5) is 0. The Balaban J connectivity index is 2.96. The van der Waals surface area contributed by atoms with Gasteiger partial charge in [0, 0.05) is 13.0 Å². The summed E-state index contributed by atoms with van der Waals surface area (Å²) >= 11 is 11.5. The Hall–Kier alpha value is 1.44. The second-order valence-electron chi connectivity index (χ2n) is 5.04. The van der Waals surface area contributed by atoms with Gasteiger partial charge in [0.15, 0.2) is 0 Å². The molecule has 0 nitrogen and oxygen atoms in total. The third-order valence-corrected chi connectivity index (χ3v) is 5.73. The molecule has 1 aliphatic rings. The second-order valence-corrected chi connectivity index (χ2v) is 10.6. The molecular formula is C10H17Br3.